The standard InChI is InChI=1S/C12H9BrN4O/c1-7(18)11-10(15)12(13)17(16-11)9-4-2-8(6-14)3-5-9/h2-5H,15H2,1H3. The Bertz CT molecular complexity index is 652. The first-order valence-corrected chi connectivity index (χ1v) is 5.89. The highest BCUT2D eigenvalue weighted by Crippen LogP contribution is 2.26. The maximum absolute atomic E-state index is 11.3. The smallest absolute Gasteiger partial charge is 0.182 e. The number of rotatable bonds is 2. The van der Waals surface area contributed by atoms with Crippen molar-refractivity contribution < 1.29 is 4.79 Å². The van der Waals surface area contributed by atoms with E-state index in [0.29, 0.717) is 15.9 Å². The molecule has 2 rings (SSSR count). The van der Waals surface area contributed by atoms with Crippen molar-refractivity contribution >= 4 is 27.4 Å². The van der Waals surface area contributed by atoms with E-state index < -0.39 is 0 Å². The number of carbonyl (C=O) groups excluding carboxylic acids is 1. The second kappa shape index (κ2) is 4.63. The van der Waals surface area contributed by atoms with Crippen LogP contribution in [0.3, 0.4) is 0 Å². The average molecular weight is 305 g/mol. The van der Waals surface area contributed by atoms with Gasteiger partial charge in [-0.25, -0.2) is 4.68 Å². The summed E-state index contributed by atoms with van der Waals surface area (Å²) in [6.45, 7) is 1.41. The molecule has 0 saturated carbocycles. The van der Waals surface area contributed by atoms with Crippen molar-refractivity contribution in [2.24, 2.45) is 0 Å². The molecule has 0 bridgehead atoms. The summed E-state index contributed by atoms with van der Waals surface area (Å²) in [6.07, 6.45) is 0. The van der Waals surface area contributed by atoms with Gasteiger partial charge >= 0.3 is 0 Å². The van der Waals surface area contributed by atoms with Crippen LogP contribution in [0.1, 0.15) is 23.0 Å². The molecule has 0 fully saturated rings. The third-order valence-electron chi connectivity index (χ3n) is 2.44. The number of nitrogens with zero attached hydrogens (tertiary/aromatic N) is 3. The van der Waals surface area contributed by atoms with E-state index in [9.17, 15) is 4.79 Å². The normalized spacial score (nSPS) is 10.1. The van der Waals surface area contributed by atoms with Gasteiger partial charge in [-0.15, -0.1) is 0 Å². The molecule has 0 spiro atoms. The largest absolute Gasteiger partial charge is 0.395 e. The summed E-state index contributed by atoms with van der Waals surface area (Å²) in [7, 11) is 0. The zero-order chi connectivity index (χ0) is 13.3. The number of hydrogen-bond donors (Lipinski definition) is 1. The average Bonchev–Trinajstić information content (AvgIpc) is 2.67. The molecule has 0 atom stereocenters. The monoisotopic (exact) mass is 304 g/mol. The van der Waals surface area contributed by atoms with Gasteiger partial charge in [0, 0.05) is 6.92 Å². The Morgan fingerprint density at radius 1 is 1.44 bits per heavy atom. The maximum Gasteiger partial charge on any atom is 0.182 e. The molecule has 0 aliphatic rings. The van der Waals surface area contributed by atoms with E-state index in [1.807, 2.05) is 6.07 Å². The first-order chi connectivity index (χ1) is 8.54. The molecule has 0 aliphatic carbocycles. The van der Waals surface area contributed by atoms with Crippen LogP contribution in [0.4, 0.5) is 5.69 Å². The molecular weight excluding hydrogens is 296 g/mol. The zero-order valence-electron chi connectivity index (χ0n) is 9.51. The molecule has 6 heteroatoms. The van der Waals surface area contributed by atoms with Gasteiger partial charge in [0.25, 0.3) is 0 Å². The molecule has 0 amide bonds. The van der Waals surface area contributed by atoms with Crippen LogP contribution in [0.2, 0.25) is 0 Å². The van der Waals surface area contributed by atoms with Crippen LogP contribution >= 0.6 is 15.9 Å². The number of halogens is 1. The van der Waals surface area contributed by atoms with E-state index in [2.05, 4.69) is 21.0 Å². The first kappa shape index (κ1) is 12.3. The van der Waals surface area contributed by atoms with Crippen LogP contribution < -0.4 is 5.73 Å². The minimum absolute atomic E-state index is 0.194. The lowest BCUT2D eigenvalue weighted by atomic mass is 10.2. The molecule has 1 aromatic carbocycles. The summed E-state index contributed by atoms with van der Waals surface area (Å²) in [4.78, 5) is 11.3. The highest BCUT2D eigenvalue weighted by atomic mass is 79.9. The van der Waals surface area contributed by atoms with E-state index in [-0.39, 0.29) is 11.5 Å². The zero-order valence-corrected chi connectivity index (χ0v) is 11.1. The van der Waals surface area contributed by atoms with Crippen molar-refractivity contribution in [3.8, 4) is 11.8 Å². The topological polar surface area (TPSA) is 84.7 Å². The minimum atomic E-state index is -0.194. The summed E-state index contributed by atoms with van der Waals surface area (Å²) in [5.41, 5.74) is 7.61. The maximum atomic E-state index is 11.3. The van der Waals surface area contributed by atoms with Crippen molar-refractivity contribution in [3.05, 3.63) is 40.1 Å². The van der Waals surface area contributed by atoms with Crippen molar-refractivity contribution in [3.63, 3.8) is 0 Å². The van der Waals surface area contributed by atoms with Gasteiger partial charge in [-0.1, -0.05) is 0 Å². The molecule has 0 saturated heterocycles. The molecule has 5 nitrogen and oxygen atoms in total. The number of hydrogen-bond acceptors (Lipinski definition) is 4. The Hall–Kier alpha value is -2.13. The van der Waals surface area contributed by atoms with Gasteiger partial charge in [-0.3, -0.25) is 4.79 Å². The van der Waals surface area contributed by atoms with Gasteiger partial charge in [0.05, 0.1) is 23.0 Å². The first-order valence-electron chi connectivity index (χ1n) is 5.10. The van der Waals surface area contributed by atoms with E-state index in [4.69, 9.17) is 11.0 Å². The molecule has 2 N–H and O–H groups in total. The fourth-order valence-corrected chi connectivity index (χ4v) is 1.99. The highest BCUT2D eigenvalue weighted by Gasteiger charge is 2.17. The van der Waals surface area contributed by atoms with Gasteiger partial charge in [0.15, 0.2) is 11.5 Å². The van der Waals surface area contributed by atoms with Gasteiger partial charge in [0.1, 0.15) is 4.60 Å². The van der Waals surface area contributed by atoms with Crippen LogP contribution in [0.15, 0.2) is 28.9 Å². The minimum Gasteiger partial charge on any atom is -0.395 e. The predicted molar refractivity (Wildman–Crippen MR) is 70.4 cm³/mol. The summed E-state index contributed by atoms with van der Waals surface area (Å²) in [5, 5.41) is 12.9. The van der Waals surface area contributed by atoms with Crippen LogP contribution in [0, 0.1) is 11.3 Å². The molecular formula is C12H9BrN4O. The Morgan fingerprint density at radius 3 is 2.50 bits per heavy atom. The van der Waals surface area contributed by atoms with Crippen molar-refractivity contribution in [1.29, 1.82) is 5.26 Å². The Kier molecular flexibility index (Phi) is 3.17. The van der Waals surface area contributed by atoms with Gasteiger partial charge in [-0.2, -0.15) is 10.4 Å². The van der Waals surface area contributed by atoms with Gasteiger partial charge < -0.3 is 5.73 Å². The summed E-state index contributed by atoms with van der Waals surface area (Å²) >= 11 is 3.30. The van der Waals surface area contributed by atoms with Crippen molar-refractivity contribution in [2.75, 3.05) is 5.73 Å². The number of ketones is 1. The van der Waals surface area contributed by atoms with Crippen molar-refractivity contribution in [2.45, 2.75) is 6.92 Å². The SMILES string of the molecule is CC(=O)c1nn(-c2ccc(C#N)cc2)c(Br)c1N. The molecule has 0 radical (unpaired) electrons. The van der Waals surface area contributed by atoms with Crippen LogP contribution in [0.5, 0.6) is 0 Å². The second-order valence-corrected chi connectivity index (χ2v) is 4.43. The van der Waals surface area contributed by atoms with E-state index >= 15 is 0 Å². The summed E-state index contributed by atoms with van der Waals surface area (Å²) in [5.74, 6) is -0.194. The van der Waals surface area contributed by atoms with Crippen molar-refractivity contribution in [1.82, 2.24) is 9.78 Å². The molecule has 1 aromatic heterocycles. The fraction of sp³-hybridized carbons (Fsp3) is 0.0833. The van der Waals surface area contributed by atoms with E-state index in [1.165, 1.54) is 11.6 Å². The highest BCUT2D eigenvalue weighted by molar-refractivity contribution is 9.10. The molecule has 18 heavy (non-hydrogen) atoms. The van der Waals surface area contributed by atoms with Crippen LogP contribution in [0.25, 0.3) is 5.69 Å². The number of carbonyl (C=O) groups is 1. The molecule has 2 aromatic rings. The van der Waals surface area contributed by atoms with E-state index in [1.54, 1.807) is 24.3 Å². The molecule has 90 valence electrons. The number of aromatic nitrogens is 2. The number of benzene rings is 1. The third kappa shape index (κ3) is 2.00. The Morgan fingerprint density at radius 2 is 2.06 bits per heavy atom. The summed E-state index contributed by atoms with van der Waals surface area (Å²) in [6, 6.07) is 8.85. The molecule has 1 heterocycles. The quantitative estimate of drug-likeness (QED) is 0.863. The lowest BCUT2D eigenvalue weighted by Crippen LogP contribution is -2.00. The third-order valence-corrected chi connectivity index (χ3v) is 3.20. The second-order valence-electron chi connectivity index (χ2n) is 3.68. The fourth-order valence-electron chi connectivity index (χ4n) is 1.52. The number of anilines is 1. The molecule has 0 unspecified atom stereocenters. The lowest BCUT2D eigenvalue weighted by Gasteiger charge is -2.02. The van der Waals surface area contributed by atoms with Gasteiger partial charge in [0.2, 0.25) is 0 Å². The van der Waals surface area contributed by atoms with E-state index in [0.717, 1.165) is 5.69 Å². The lowest BCUT2D eigenvalue weighted by molar-refractivity contribution is 0.101. The van der Waals surface area contributed by atoms with Crippen LogP contribution in [-0.4, -0.2) is 15.6 Å². The predicted octanol–water partition coefficient (Wildman–Crippen LogP) is 2.29. The Balaban J connectivity index is 2.54. The number of nitriles is 1. The van der Waals surface area contributed by atoms with Gasteiger partial charge in [-0.05, 0) is 40.2 Å². The molecule has 0 aliphatic heterocycles. The van der Waals surface area contributed by atoms with Crippen LogP contribution in [-0.2, 0) is 0 Å². The number of Topliss-reactive ketones (excluding diaryl/α,β-unsaturated/α-hetero) is 1. The Labute approximate surface area is 112 Å². The summed E-state index contributed by atoms with van der Waals surface area (Å²) < 4.78 is 2.05. The number of nitrogens with two attached hydrogens (primary N) is 1. The number of nitrogen functional groups attached to an aromatic ring is 1.